The van der Waals surface area contributed by atoms with Crippen LogP contribution in [0.2, 0.25) is 0 Å². The average Bonchev–Trinajstić information content (AvgIpc) is 3.01. The molecule has 1 saturated carbocycles. The number of carbonyl (C=O) groups excluding carboxylic acids is 2. The van der Waals surface area contributed by atoms with Gasteiger partial charge in [0, 0.05) is 24.0 Å². The molecule has 7 heteroatoms. The van der Waals surface area contributed by atoms with E-state index < -0.39 is 0 Å². The predicted octanol–water partition coefficient (Wildman–Crippen LogP) is 2.65. The Morgan fingerprint density at radius 1 is 1.22 bits per heavy atom. The van der Waals surface area contributed by atoms with Crippen molar-refractivity contribution in [2.24, 2.45) is 0 Å². The molecule has 1 aromatic heterocycles. The van der Waals surface area contributed by atoms with E-state index in [1.165, 1.54) is 42.7 Å². The molecule has 1 aliphatic carbocycles. The third kappa shape index (κ3) is 3.39. The van der Waals surface area contributed by atoms with Gasteiger partial charge in [-0.1, -0.05) is 31.0 Å². The molecule has 0 spiro atoms. The Balaban J connectivity index is 1.66. The number of nitrogens with one attached hydrogen (secondary N) is 1. The zero-order valence-corrected chi connectivity index (χ0v) is 14.6. The number of urea groups is 1. The Labute approximate surface area is 141 Å². The van der Waals surface area contributed by atoms with Gasteiger partial charge in [-0.15, -0.1) is 0 Å². The number of imidazole rings is 1. The van der Waals surface area contributed by atoms with Crippen LogP contribution in [0.25, 0.3) is 0 Å². The largest absolute Gasteiger partial charge is 0.329 e. The molecule has 1 N–H and O–H groups in total. The van der Waals surface area contributed by atoms with Gasteiger partial charge in [0.15, 0.2) is 5.16 Å². The van der Waals surface area contributed by atoms with E-state index in [1.54, 1.807) is 11.8 Å². The summed E-state index contributed by atoms with van der Waals surface area (Å²) in [4.78, 5) is 29.2. The van der Waals surface area contributed by atoms with Crippen molar-refractivity contribution < 1.29 is 9.59 Å². The van der Waals surface area contributed by atoms with Crippen LogP contribution in [0.5, 0.6) is 0 Å². The first kappa shape index (κ1) is 16.4. The van der Waals surface area contributed by atoms with Gasteiger partial charge in [-0.3, -0.25) is 9.69 Å². The van der Waals surface area contributed by atoms with E-state index in [9.17, 15) is 9.59 Å². The zero-order valence-electron chi connectivity index (χ0n) is 13.8. The molecule has 0 unspecified atom stereocenters. The molecule has 3 rings (SSSR count). The second kappa shape index (κ2) is 6.95. The summed E-state index contributed by atoms with van der Waals surface area (Å²) in [5, 5.41) is 3.58. The fourth-order valence-electron chi connectivity index (χ4n) is 3.38. The summed E-state index contributed by atoms with van der Waals surface area (Å²) in [6.45, 7) is 4.75. The minimum absolute atomic E-state index is 0.123. The SMILES string of the molecule is Cc1nc(SCCN2C(=O)CNC2=O)n(C2CCCCC2)c1C. The van der Waals surface area contributed by atoms with E-state index in [4.69, 9.17) is 4.98 Å². The van der Waals surface area contributed by atoms with Crippen LogP contribution in [0.1, 0.15) is 49.5 Å². The van der Waals surface area contributed by atoms with Crippen molar-refractivity contribution in [1.82, 2.24) is 19.8 Å². The Hall–Kier alpha value is -1.50. The number of aryl methyl sites for hydroxylation is 1. The normalized spacial score (nSPS) is 19.5. The van der Waals surface area contributed by atoms with Crippen LogP contribution < -0.4 is 5.32 Å². The van der Waals surface area contributed by atoms with Gasteiger partial charge in [-0.05, 0) is 26.7 Å². The minimum Gasteiger partial charge on any atom is -0.329 e. The third-order valence-corrected chi connectivity index (χ3v) is 5.71. The first-order chi connectivity index (χ1) is 11.1. The van der Waals surface area contributed by atoms with Crippen molar-refractivity contribution in [1.29, 1.82) is 0 Å². The number of carbonyl (C=O) groups is 2. The lowest BCUT2D eigenvalue weighted by molar-refractivity contribution is -0.124. The van der Waals surface area contributed by atoms with Gasteiger partial charge in [0.1, 0.15) is 0 Å². The topological polar surface area (TPSA) is 67.2 Å². The molecule has 2 aliphatic rings. The van der Waals surface area contributed by atoms with Gasteiger partial charge < -0.3 is 9.88 Å². The highest BCUT2D eigenvalue weighted by Gasteiger charge is 2.28. The van der Waals surface area contributed by atoms with Gasteiger partial charge in [-0.2, -0.15) is 0 Å². The lowest BCUT2D eigenvalue weighted by Crippen LogP contribution is -2.33. The van der Waals surface area contributed by atoms with E-state index in [0.717, 1.165) is 10.9 Å². The molecule has 1 aromatic rings. The number of rotatable bonds is 5. The van der Waals surface area contributed by atoms with Crippen molar-refractivity contribution in [3.8, 4) is 0 Å². The number of hydrogen-bond donors (Lipinski definition) is 1. The standard InChI is InChI=1S/C16H24N4O2S/c1-11-12(2)20(13-6-4-3-5-7-13)16(18-11)23-9-8-19-14(21)10-17-15(19)22/h13H,3-10H2,1-2H3,(H,17,22). The summed E-state index contributed by atoms with van der Waals surface area (Å²) in [6, 6.07) is 0.266. The molecular formula is C16H24N4O2S. The molecule has 0 bridgehead atoms. The van der Waals surface area contributed by atoms with Crippen LogP contribution in [0.3, 0.4) is 0 Å². The summed E-state index contributed by atoms with van der Waals surface area (Å²) in [5.41, 5.74) is 2.32. The van der Waals surface area contributed by atoms with Gasteiger partial charge in [0.2, 0.25) is 5.91 Å². The van der Waals surface area contributed by atoms with E-state index in [2.05, 4.69) is 23.7 Å². The third-order valence-electron chi connectivity index (χ3n) is 4.78. The molecule has 23 heavy (non-hydrogen) atoms. The van der Waals surface area contributed by atoms with Crippen LogP contribution in [0, 0.1) is 13.8 Å². The highest BCUT2D eigenvalue weighted by molar-refractivity contribution is 7.99. The number of amides is 3. The molecule has 2 fully saturated rings. The van der Waals surface area contributed by atoms with Crippen LogP contribution >= 0.6 is 11.8 Å². The second-order valence-electron chi connectivity index (χ2n) is 6.28. The zero-order chi connectivity index (χ0) is 16.4. The van der Waals surface area contributed by atoms with Crippen molar-refractivity contribution in [3.63, 3.8) is 0 Å². The lowest BCUT2D eigenvalue weighted by atomic mass is 9.95. The van der Waals surface area contributed by atoms with Gasteiger partial charge in [0.25, 0.3) is 0 Å². The van der Waals surface area contributed by atoms with Crippen LogP contribution in [-0.4, -0.2) is 45.2 Å². The van der Waals surface area contributed by atoms with Crippen LogP contribution in [-0.2, 0) is 4.79 Å². The summed E-state index contributed by atoms with van der Waals surface area (Å²) < 4.78 is 2.38. The minimum atomic E-state index is -0.279. The second-order valence-corrected chi connectivity index (χ2v) is 7.34. The fraction of sp³-hybridized carbons (Fsp3) is 0.688. The molecule has 6 nitrogen and oxygen atoms in total. The summed E-state index contributed by atoms with van der Waals surface area (Å²) in [5.74, 6) is 0.542. The van der Waals surface area contributed by atoms with Gasteiger partial charge >= 0.3 is 6.03 Å². The van der Waals surface area contributed by atoms with Crippen molar-refractivity contribution >= 4 is 23.7 Å². The molecular weight excluding hydrogens is 312 g/mol. The number of imide groups is 1. The van der Waals surface area contributed by atoms with E-state index >= 15 is 0 Å². The van der Waals surface area contributed by atoms with Crippen LogP contribution in [0.15, 0.2) is 5.16 Å². The van der Waals surface area contributed by atoms with Gasteiger partial charge in [-0.25, -0.2) is 9.78 Å². The maximum absolute atomic E-state index is 11.6. The van der Waals surface area contributed by atoms with E-state index in [1.807, 2.05) is 0 Å². The summed E-state index contributed by atoms with van der Waals surface area (Å²) >= 11 is 1.64. The van der Waals surface area contributed by atoms with Crippen molar-refractivity contribution in [2.45, 2.75) is 57.1 Å². The van der Waals surface area contributed by atoms with Crippen molar-refractivity contribution in [3.05, 3.63) is 11.4 Å². The monoisotopic (exact) mass is 336 g/mol. The van der Waals surface area contributed by atoms with Crippen LogP contribution in [0.4, 0.5) is 4.79 Å². The molecule has 0 atom stereocenters. The number of thioether (sulfide) groups is 1. The number of aromatic nitrogens is 2. The summed E-state index contributed by atoms with van der Waals surface area (Å²) in [6.07, 6.45) is 6.34. The molecule has 2 heterocycles. The lowest BCUT2D eigenvalue weighted by Gasteiger charge is -2.26. The number of nitrogens with zero attached hydrogens (tertiary/aromatic N) is 3. The smallest absolute Gasteiger partial charge is 0.324 e. The van der Waals surface area contributed by atoms with Gasteiger partial charge in [0.05, 0.1) is 12.2 Å². The van der Waals surface area contributed by atoms with E-state index in [-0.39, 0.29) is 18.5 Å². The highest BCUT2D eigenvalue weighted by Crippen LogP contribution is 2.34. The molecule has 1 saturated heterocycles. The fourth-order valence-corrected chi connectivity index (χ4v) is 4.46. The maximum atomic E-state index is 11.6. The molecule has 1 aliphatic heterocycles. The molecule has 126 valence electrons. The predicted molar refractivity (Wildman–Crippen MR) is 89.7 cm³/mol. The highest BCUT2D eigenvalue weighted by atomic mass is 32.2. The summed E-state index contributed by atoms with van der Waals surface area (Å²) in [7, 11) is 0. The quantitative estimate of drug-likeness (QED) is 0.663. The average molecular weight is 336 g/mol. The Morgan fingerprint density at radius 3 is 2.61 bits per heavy atom. The maximum Gasteiger partial charge on any atom is 0.324 e. The Morgan fingerprint density at radius 2 is 1.96 bits per heavy atom. The first-order valence-corrected chi connectivity index (χ1v) is 9.33. The molecule has 0 radical (unpaired) electrons. The van der Waals surface area contributed by atoms with Crippen molar-refractivity contribution in [2.75, 3.05) is 18.8 Å². The Bertz CT molecular complexity index is 591. The first-order valence-electron chi connectivity index (χ1n) is 8.34. The Kier molecular flexibility index (Phi) is 4.94. The number of hydrogen-bond acceptors (Lipinski definition) is 4. The van der Waals surface area contributed by atoms with E-state index in [0.29, 0.717) is 18.3 Å². The molecule has 0 aromatic carbocycles. The molecule has 3 amide bonds.